The van der Waals surface area contributed by atoms with Crippen LogP contribution in [-0.4, -0.2) is 6.54 Å². The van der Waals surface area contributed by atoms with Gasteiger partial charge >= 0.3 is 0 Å². The number of halogens is 3. The molecule has 0 aliphatic carbocycles. The summed E-state index contributed by atoms with van der Waals surface area (Å²) in [6.07, 6.45) is 0. The third-order valence-corrected chi connectivity index (χ3v) is 4.20. The van der Waals surface area contributed by atoms with Crippen molar-refractivity contribution < 1.29 is 4.39 Å². The minimum Gasteiger partial charge on any atom is -0.338 e. The van der Waals surface area contributed by atoms with E-state index in [1.165, 1.54) is 11.6 Å². The van der Waals surface area contributed by atoms with E-state index in [9.17, 15) is 4.39 Å². The predicted octanol–water partition coefficient (Wildman–Crippen LogP) is 5.64. The minimum atomic E-state index is -0.208. The van der Waals surface area contributed by atoms with E-state index < -0.39 is 0 Å². The van der Waals surface area contributed by atoms with Gasteiger partial charge in [0.1, 0.15) is 5.82 Å². The van der Waals surface area contributed by atoms with Crippen LogP contribution in [0.1, 0.15) is 12.5 Å². The number of benzene rings is 2. The van der Waals surface area contributed by atoms with Crippen LogP contribution in [0.15, 0.2) is 46.9 Å². The van der Waals surface area contributed by atoms with Gasteiger partial charge in [-0.25, -0.2) is 4.39 Å². The van der Waals surface area contributed by atoms with Crippen LogP contribution in [0.5, 0.6) is 0 Å². The van der Waals surface area contributed by atoms with E-state index in [1.807, 2.05) is 36.1 Å². The van der Waals surface area contributed by atoms with Crippen molar-refractivity contribution in [2.75, 3.05) is 11.4 Å². The Labute approximate surface area is 129 Å². The lowest BCUT2D eigenvalue weighted by atomic mass is 10.2. The molecule has 0 saturated heterocycles. The smallest absolute Gasteiger partial charge is 0.146 e. The first-order valence-electron chi connectivity index (χ1n) is 6.03. The summed E-state index contributed by atoms with van der Waals surface area (Å²) in [7, 11) is 0. The number of alkyl halides is 1. The summed E-state index contributed by atoms with van der Waals surface area (Å²) in [5, 5.41) is 0.803. The summed E-state index contributed by atoms with van der Waals surface area (Å²) in [6.45, 7) is 2.71. The maximum absolute atomic E-state index is 13.9. The number of hydrogen-bond donors (Lipinski definition) is 0. The fraction of sp³-hybridized carbons (Fsp3) is 0.200. The zero-order valence-electron chi connectivity index (χ0n) is 10.5. The minimum absolute atomic E-state index is 0.208. The molecule has 2 rings (SSSR count). The van der Waals surface area contributed by atoms with Gasteiger partial charge in [-0.1, -0.05) is 34.1 Å². The predicted molar refractivity (Wildman–Crippen MR) is 85.9 cm³/mol. The average molecular weight is 387 g/mol. The topological polar surface area (TPSA) is 3.24 Å². The number of hydrogen-bond acceptors (Lipinski definition) is 1. The standard InChI is InChI=1S/C15H14Br2FN/c1-2-19(15-6-4-3-5-13(15)18)14-8-7-11(10-16)9-12(14)17/h3-9H,2,10H2,1H3. The molecule has 1 nitrogen and oxygen atoms in total. The molecule has 0 spiro atoms. The van der Waals surface area contributed by atoms with Crippen molar-refractivity contribution in [2.45, 2.75) is 12.3 Å². The summed E-state index contributed by atoms with van der Waals surface area (Å²) in [4.78, 5) is 1.96. The van der Waals surface area contributed by atoms with E-state index in [4.69, 9.17) is 0 Å². The van der Waals surface area contributed by atoms with Gasteiger partial charge in [0, 0.05) is 16.3 Å². The first-order chi connectivity index (χ1) is 9.17. The molecule has 0 aliphatic rings. The Morgan fingerprint density at radius 2 is 1.84 bits per heavy atom. The average Bonchev–Trinajstić information content (AvgIpc) is 2.43. The Morgan fingerprint density at radius 3 is 2.42 bits per heavy atom. The summed E-state index contributed by atoms with van der Waals surface area (Å²) in [5.41, 5.74) is 2.75. The molecule has 2 aromatic carbocycles. The van der Waals surface area contributed by atoms with Gasteiger partial charge in [-0.05, 0) is 52.7 Å². The number of anilines is 2. The number of para-hydroxylation sites is 1. The summed E-state index contributed by atoms with van der Waals surface area (Å²) < 4.78 is 14.9. The molecule has 0 N–H and O–H groups in total. The van der Waals surface area contributed by atoms with Crippen molar-refractivity contribution in [3.8, 4) is 0 Å². The van der Waals surface area contributed by atoms with Gasteiger partial charge in [-0.2, -0.15) is 0 Å². The van der Waals surface area contributed by atoms with Gasteiger partial charge in [0.05, 0.1) is 11.4 Å². The van der Waals surface area contributed by atoms with E-state index in [2.05, 4.69) is 31.9 Å². The van der Waals surface area contributed by atoms with Gasteiger partial charge in [0.25, 0.3) is 0 Å². The van der Waals surface area contributed by atoms with Crippen LogP contribution < -0.4 is 4.90 Å². The van der Waals surface area contributed by atoms with Crippen molar-refractivity contribution in [3.63, 3.8) is 0 Å². The molecule has 0 radical (unpaired) electrons. The van der Waals surface area contributed by atoms with Crippen LogP contribution in [0.4, 0.5) is 15.8 Å². The Bertz CT molecular complexity index is 572. The van der Waals surface area contributed by atoms with E-state index in [0.717, 1.165) is 15.5 Å². The summed E-state index contributed by atoms with van der Waals surface area (Å²) in [5.74, 6) is -0.208. The molecule has 0 unspecified atom stereocenters. The van der Waals surface area contributed by atoms with Crippen molar-refractivity contribution >= 4 is 43.2 Å². The Kier molecular flexibility index (Phi) is 4.99. The molecule has 100 valence electrons. The highest BCUT2D eigenvalue weighted by Gasteiger charge is 2.14. The second-order valence-corrected chi connectivity index (χ2v) is 5.53. The highest BCUT2D eigenvalue weighted by atomic mass is 79.9. The third kappa shape index (κ3) is 3.18. The van der Waals surface area contributed by atoms with Crippen molar-refractivity contribution in [1.82, 2.24) is 0 Å². The highest BCUT2D eigenvalue weighted by Crippen LogP contribution is 2.34. The van der Waals surface area contributed by atoms with E-state index in [-0.39, 0.29) is 5.82 Å². The molecule has 0 heterocycles. The molecule has 0 aromatic heterocycles. The second kappa shape index (κ2) is 6.53. The maximum Gasteiger partial charge on any atom is 0.146 e. The summed E-state index contributed by atoms with van der Waals surface area (Å²) >= 11 is 7.00. The molecule has 0 bridgehead atoms. The maximum atomic E-state index is 13.9. The fourth-order valence-corrected chi connectivity index (χ4v) is 2.98. The second-order valence-electron chi connectivity index (χ2n) is 4.12. The van der Waals surface area contributed by atoms with E-state index >= 15 is 0 Å². The van der Waals surface area contributed by atoms with Gasteiger partial charge in [0.15, 0.2) is 0 Å². The van der Waals surface area contributed by atoms with Crippen LogP contribution >= 0.6 is 31.9 Å². The van der Waals surface area contributed by atoms with Crippen molar-refractivity contribution in [2.24, 2.45) is 0 Å². The molecule has 0 amide bonds. The fourth-order valence-electron chi connectivity index (χ4n) is 1.99. The molecule has 0 saturated carbocycles. The van der Waals surface area contributed by atoms with Gasteiger partial charge < -0.3 is 4.90 Å². The van der Waals surface area contributed by atoms with E-state index in [1.54, 1.807) is 12.1 Å². The van der Waals surface area contributed by atoms with Gasteiger partial charge in [0.2, 0.25) is 0 Å². The molecule has 19 heavy (non-hydrogen) atoms. The van der Waals surface area contributed by atoms with Crippen molar-refractivity contribution in [3.05, 3.63) is 58.3 Å². The molecule has 2 aromatic rings. The zero-order valence-corrected chi connectivity index (χ0v) is 13.7. The SMILES string of the molecule is CCN(c1ccccc1F)c1ccc(CBr)cc1Br. The van der Waals surface area contributed by atoms with Gasteiger partial charge in [-0.15, -0.1) is 0 Å². The normalized spacial score (nSPS) is 10.5. The van der Waals surface area contributed by atoms with Crippen LogP contribution in [-0.2, 0) is 5.33 Å². The zero-order chi connectivity index (χ0) is 13.8. The number of rotatable bonds is 4. The molecule has 4 heteroatoms. The summed E-state index contributed by atoms with van der Waals surface area (Å²) in [6, 6.07) is 12.9. The van der Waals surface area contributed by atoms with Gasteiger partial charge in [-0.3, -0.25) is 0 Å². The van der Waals surface area contributed by atoms with Crippen LogP contribution in [0.3, 0.4) is 0 Å². The molecular formula is C15H14Br2FN. The third-order valence-electron chi connectivity index (χ3n) is 2.92. The Balaban J connectivity index is 2.46. The lowest BCUT2D eigenvalue weighted by Crippen LogP contribution is -2.17. The highest BCUT2D eigenvalue weighted by molar-refractivity contribution is 9.10. The van der Waals surface area contributed by atoms with Crippen molar-refractivity contribution in [1.29, 1.82) is 0 Å². The lowest BCUT2D eigenvalue weighted by Gasteiger charge is -2.25. The first-order valence-corrected chi connectivity index (χ1v) is 7.95. The largest absolute Gasteiger partial charge is 0.338 e. The Morgan fingerprint density at radius 1 is 1.11 bits per heavy atom. The molecule has 0 fully saturated rings. The molecule has 0 aliphatic heterocycles. The monoisotopic (exact) mass is 385 g/mol. The first kappa shape index (κ1) is 14.5. The lowest BCUT2D eigenvalue weighted by molar-refractivity contribution is 0.625. The number of nitrogens with zero attached hydrogens (tertiary/aromatic N) is 1. The van der Waals surface area contributed by atoms with Crippen LogP contribution in [0.25, 0.3) is 0 Å². The van der Waals surface area contributed by atoms with Crippen LogP contribution in [0.2, 0.25) is 0 Å². The van der Waals surface area contributed by atoms with E-state index in [0.29, 0.717) is 12.2 Å². The molecular weight excluding hydrogens is 373 g/mol. The Hall–Kier alpha value is -0.870. The quantitative estimate of drug-likeness (QED) is 0.614. The molecule has 0 atom stereocenters. The van der Waals surface area contributed by atoms with Crippen LogP contribution in [0, 0.1) is 5.82 Å².